The van der Waals surface area contributed by atoms with E-state index >= 15 is 0 Å². The second-order valence-corrected chi connectivity index (χ2v) is 8.61. The fraction of sp³-hybridized carbons (Fsp3) is 0.409. The number of aromatic hydroxyl groups is 1. The molecule has 2 fully saturated rings. The summed E-state index contributed by atoms with van der Waals surface area (Å²) in [6.45, 7) is -0.282. The van der Waals surface area contributed by atoms with Crippen LogP contribution in [0.5, 0.6) is 5.75 Å². The van der Waals surface area contributed by atoms with Gasteiger partial charge in [0.1, 0.15) is 23.0 Å². The summed E-state index contributed by atoms with van der Waals surface area (Å²) in [4.78, 5) is 40.1. The van der Waals surface area contributed by atoms with Gasteiger partial charge in [-0.05, 0) is 25.2 Å². The number of benzene rings is 1. The van der Waals surface area contributed by atoms with Gasteiger partial charge in [0.05, 0.1) is 6.04 Å². The molecular weight excluding hydrogens is 427 g/mol. The number of rotatable bonds is 3. The number of carbonyl (C=O) groups is 2. The molecular formula is C22H20F3N3O4. The monoisotopic (exact) mass is 447 g/mol. The summed E-state index contributed by atoms with van der Waals surface area (Å²) >= 11 is 0. The molecule has 2 bridgehead atoms. The van der Waals surface area contributed by atoms with Crippen LogP contribution in [-0.2, 0) is 13.1 Å². The van der Waals surface area contributed by atoms with E-state index in [1.165, 1.54) is 10.8 Å². The maximum atomic E-state index is 13.8. The first kappa shape index (κ1) is 20.6. The lowest BCUT2D eigenvalue weighted by molar-refractivity contribution is 0.0568. The van der Waals surface area contributed by atoms with E-state index in [-0.39, 0.29) is 17.8 Å². The van der Waals surface area contributed by atoms with E-state index in [0.717, 1.165) is 25.7 Å². The van der Waals surface area contributed by atoms with Crippen LogP contribution < -0.4 is 10.7 Å². The van der Waals surface area contributed by atoms with Crippen molar-refractivity contribution < 1.29 is 27.9 Å². The van der Waals surface area contributed by atoms with Crippen molar-refractivity contribution >= 4 is 11.8 Å². The first-order valence-electron chi connectivity index (χ1n) is 10.5. The van der Waals surface area contributed by atoms with Gasteiger partial charge in [0.2, 0.25) is 5.43 Å². The Kier molecular flexibility index (Phi) is 4.75. The van der Waals surface area contributed by atoms with Gasteiger partial charge in [0.15, 0.2) is 11.4 Å². The van der Waals surface area contributed by atoms with Crippen LogP contribution in [-0.4, -0.2) is 38.5 Å². The van der Waals surface area contributed by atoms with E-state index in [2.05, 4.69) is 5.32 Å². The van der Waals surface area contributed by atoms with E-state index in [1.807, 2.05) is 0 Å². The number of fused-ring (bicyclic) bond motifs is 6. The zero-order valence-corrected chi connectivity index (χ0v) is 16.9. The molecule has 3 atom stereocenters. The number of nitrogens with one attached hydrogen (secondary N) is 1. The second kappa shape index (κ2) is 7.39. The highest BCUT2D eigenvalue weighted by atomic mass is 19.1. The molecule has 0 spiro atoms. The molecule has 168 valence electrons. The summed E-state index contributed by atoms with van der Waals surface area (Å²) in [6.07, 6.45) is 4.99. The van der Waals surface area contributed by atoms with Crippen molar-refractivity contribution in [3.63, 3.8) is 0 Å². The van der Waals surface area contributed by atoms with Crippen molar-refractivity contribution in [3.8, 4) is 5.75 Å². The van der Waals surface area contributed by atoms with Crippen LogP contribution in [0.15, 0.2) is 23.1 Å². The minimum Gasteiger partial charge on any atom is -0.503 e. The molecule has 10 heteroatoms. The summed E-state index contributed by atoms with van der Waals surface area (Å²) in [7, 11) is 0. The fourth-order valence-electron chi connectivity index (χ4n) is 5.36. The Morgan fingerprint density at radius 2 is 1.88 bits per heavy atom. The van der Waals surface area contributed by atoms with E-state index < -0.39 is 58.1 Å². The van der Waals surface area contributed by atoms with Crippen LogP contribution in [0.1, 0.15) is 52.1 Å². The number of carbonyl (C=O) groups excluding carboxylic acids is 2. The maximum Gasteiger partial charge on any atom is 0.275 e. The summed E-state index contributed by atoms with van der Waals surface area (Å²) in [5, 5.41) is 12.7. The Morgan fingerprint density at radius 1 is 1.16 bits per heavy atom. The first-order chi connectivity index (χ1) is 15.3. The molecule has 3 heterocycles. The highest BCUT2D eigenvalue weighted by Gasteiger charge is 2.49. The number of pyridine rings is 1. The highest BCUT2D eigenvalue weighted by molar-refractivity contribution is 5.99. The quantitative estimate of drug-likeness (QED) is 0.756. The minimum absolute atomic E-state index is 0.0669. The number of nitrogens with zero attached hydrogens (tertiary/aromatic N) is 2. The van der Waals surface area contributed by atoms with Crippen molar-refractivity contribution in [2.75, 3.05) is 0 Å². The molecule has 1 saturated heterocycles. The van der Waals surface area contributed by atoms with Crippen molar-refractivity contribution in [1.29, 1.82) is 0 Å². The molecule has 2 aromatic rings. The third kappa shape index (κ3) is 3.08. The van der Waals surface area contributed by atoms with Gasteiger partial charge in [-0.2, -0.15) is 0 Å². The molecule has 0 radical (unpaired) electrons. The molecule has 3 aliphatic rings. The van der Waals surface area contributed by atoms with Crippen molar-refractivity contribution in [1.82, 2.24) is 14.8 Å². The molecule has 7 nitrogen and oxygen atoms in total. The standard InChI is InChI=1S/C22H20F3N3O4/c23-11-5-15(24)13(16(25)6-11)7-26-21(31)14-8-27-9-17-10-2-1-3-12(4-10)28(17)22(32)18(27)20(30)19(14)29/h5-6,8,10,12,17,30H,1-4,7,9H2,(H,26,31)/t10-,12+,17-/m1/s1. The third-order valence-electron chi connectivity index (χ3n) is 6.84. The molecule has 5 rings (SSSR count). The van der Waals surface area contributed by atoms with Crippen LogP contribution in [0.3, 0.4) is 0 Å². The lowest BCUT2D eigenvalue weighted by Gasteiger charge is -2.36. The fourth-order valence-corrected chi connectivity index (χ4v) is 5.36. The van der Waals surface area contributed by atoms with Gasteiger partial charge in [-0.25, -0.2) is 13.2 Å². The molecule has 2 aliphatic heterocycles. The van der Waals surface area contributed by atoms with Crippen molar-refractivity contribution in [2.24, 2.45) is 5.92 Å². The van der Waals surface area contributed by atoms with Crippen LogP contribution in [0, 0.1) is 23.4 Å². The van der Waals surface area contributed by atoms with Crippen LogP contribution in [0.25, 0.3) is 0 Å². The first-order valence-corrected chi connectivity index (χ1v) is 10.5. The van der Waals surface area contributed by atoms with Gasteiger partial charge in [-0.1, -0.05) is 6.42 Å². The van der Waals surface area contributed by atoms with Crippen molar-refractivity contribution in [3.05, 3.63) is 62.8 Å². The zero-order chi connectivity index (χ0) is 22.7. The number of amides is 2. The minimum atomic E-state index is -1.18. The second-order valence-electron chi connectivity index (χ2n) is 8.61. The Bertz CT molecular complexity index is 1190. The number of halogens is 3. The van der Waals surface area contributed by atoms with Gasteiger partial charge in [0, 0.05) is 43.0 Å². The molecule has 32 heavy (non-hydrogen) atoms. The van der Waals surface area contributed by atoms with Crippen LogP contribution >= 0.6 is 0 Å². The van der Waals surface area contributed by atoms with Crippen LogP contribution in [0.4, 0.5) is 13.2 Å². The summed E-state index contributed by atoms with van der Waals surface area (Å²) in [6, 6.07) is 1.000. The van der Waals surface area contributed by atoms with E-state index in [4.69, 9.17) is 0 Å². The summed E-state index contributed by atoms with van der Waals surface area (Å²) < 4.78 is 42.1. The normalized spacial score (nSPS) is 23.7. The lowest BCUT2D eigenvalue weighted by Crippen LogP contribution is -2.49. The summed E-state index contributed by atoms with van der Waals surface area (Å²) in [5.74, 6) is -5.33. The zero-order valence-electron chi connectivity index (χ0n) is 16.9. The molecule has 0 unspecified atom stereocenters. The molecule has 1 aromatic heterocycles. The Morgan fingerprint density at radius 3 is 2.59 bits per heavy atom. The predicted molar refractivity (Wildman–Crippen MR) is 106 cm³/mol. The van der Waals surface area contributed by atoms with Crippen LogP contribution in [0.2, 0.25) is 0 Å². The van der Waals surface area contributed by atoms with Gasteiger partial charge in [-0.15, -0.1) is 0 Å². The lowest BCUT2D eigenvalue weighted by atomic mass is 9.87. The molecule has 1 saturated carbocycles. The SMILES string of the molecule is O=C(NCc1c(F)cc(F)cc1F)c1cn2c(c(O)c1=O)C(=O)N1[C@H]3CCC[C@H](C3)[C@H]1C2. The average Bonchev–Trinajstić information content (AvgIpc) is 2.99. The summed E-state index contributed by atoms with van der Waals surface area (Å²) in [5.41, 5.74) is -2.20. The number of aromatic nitrogens is 1. The smallest absolute Gasteiger partial charge is 0.275 e. The third-order valence-corrected chi connectivity index (χ3v) is 6.84. The molecule has 1 aromatic carbocycles. The predicted octanol–water partition coefficient (Wildman–Crippen LogP) is 2.30. The van der Waals surface area contributed by atoms with Gasteiger partial charge in [-0.3, -0.25) is 14.4 Å². The number of hydrogen-bond acceptors (Lipinski definition) is 4. The Balaban J connectivity index is 1.45. The Hall–Kier alpha value is -3.30. The Labute approximate surface area is 180 Å². The maximum absolute atomic E-state index is 13.8. The van der Waals surface area contributed by atoms with Gasteiger partial charge >= 0.3 is 0 Å². The van der Waals surface area contributed by atoms with E-state index in [9.17, 15) is 32.7 Å². The van der Waals surface area contributed by atoms with Gasteiger partial charge in [0.25, 0.3) is 11.8 Å². The van der Waals surface area contributed by atoms with Crippen molar-refractivity contribution in [2.45, 2.75) is 50.9 Å². The average molecular weight is 447 g/mol. The number of hydrogen-bond donors (Lipinski definition) is 2. The molecule has 2 N–H and O–H groups in total. The van der Waals surface area contributed by atoms with E-state index in [1.54, 1.807) is 4.90 Å². The highest BCUT2D eigenvalue weighted by Crippen LogP contribution is 2.44. The molecule has 2 amide bonds. The molecule has 1 aliphatic carbocycles. The topological polar surface area (TPSA) is 91.6 Å². The largest absolute Gasteiger partial charge is 0.503 e. The van der Waals surface area contributed by atoms with Gasteiger partial charge < -0.3 is 19.9 Å². The van der Waals surface area contributed by atoms with E-state index in [0.29, 0.717) is 24.6 Å².